The van der Waals surface area contributed by atoms with E-state index in [2.05, 4.69) is 0 Å². The first-order valence-electron chi connectivity index (χ1n) is 7.01. The second kappa shape index (κ2) is 5.76. The second-order valence-corrected chi connectivity index (χ2v) is 6.17. The van der Waals surface area contributed by atoms with E-state index in [1.54, 1.807) is 27.7 Å². The van der Waals surface area contributed by atoms with Crippen molar-refractivity contribution in [2.24, 2.45) is 0 Å². The molecule has 1 aliphatic heterocycles. The summed E-state index contributed by atoms with van der Waals surface area (Å²) in [7, 11) is 0. The molecule has 1 aromatic carbocycles. The molecule has 1 saturated heterocycles. The van der Waals surface area contributed by atoms with Crippen molar-refractivity contribution < 1.29 is 19.1 Å². The first kappa shape index (κ1) is 15.4. The summed E-state index contributed by atoms with van der Waals surface area (Å²) in [5.74, 6) is -0.383. The zero-order valence-electron chi connectivity index (χ0n) is 12.8. The van der Waals surface area contributed by atoms with Gasteiger partial charge in [-0.15, -0.1) is 0 Å². The maximum absolute atomic E-state index is 12.0. The zero-order valence-corrected chi connectivity index (χ0v) is 12.8. The van der Waals surface area contributed by atoms with Crippen LogP contribution < -0.4 is 0 Å². The fraction of sp³-hybridized carbons (Fsp3) is 0.500. The van der Waals surface area contributed by atoms with Crippen molar-refractivity contribution in [3.8, 4) is 0 Å². The Morgan fingerprint density at radius 2 is 1.81 bits per heavy atom. The van der Waals surface area contributed by atoms with Crippen LogP contribution in [-0.4, -0.2) is 34.6 Å². The van der Waals surface area contributed by atoms with Gasteiger partial charge in [0.15, 0.2) is 6.04 Å². The average Bonchev–Trinajstić information content (AvgIpc) is 3.07. The van der Waals surface area contributed by atoms with E-state index in [1.165, 1.54) is 4.90 Å². The van der Waals surface area contributed by atoms with Gasteiger partial charge in [-0.25, -0.2) is 9.59 Å². The van der Waals surface area contributed by atoms with E-state index in [9.17, 15) is 9.59 Å². The van der Waals surface area contributed by atoms with Crippen LogP contribution in [0.3, 0.4) is 0 Å². The van der Waals surface area contributed by atoms with Crippen LogP contribution in [0.1, 0.15) is 33.3 Å². The van der Waals surface area contributed by atoms with E-state index < -0.39 is 17.7 Å². The molecule has 0 radical (unpaired) electrons. The van der Waals surface area contributed by atoms with Crippen molar-refractivity contribution in [2.45, 2.75) is 52.0 Å². The van der Waals surface area contributed by atoms with E-state index in [0.717, 1.165) is 5.56 Å². The van der Waals surface area contributed by atoms with Crippen LogP contribution in [0.2, 0.25) is 0 Å². The summed E-state index contributed by atoms with van der Waals surface area (Å²) in [5.41, 5.74) is 0.355. The third-order valence-electron chi connectivity index (χ3n) is 3.17. The van der Waals surface area contributed by atoms with Crippen LogP contribution in [0, 0.1) is 0 Å². The molecule has 0 saturated carbocycles. The summed E-state index contributed by atoms with van der Waals surface area (Å²) in [6, 6.07) is 8.71. The highest BCUT2D eigenvalue weighted by molar-refractivity contribution is 5.88. The number of carbonyl (C=O) groups excluding carboxylic acids is 2. The molecule has 2 atom stereocenters. The van der Waals surface area contributed by atoms with Crippen molar-refractivity contribution >= 4 is 12.1 Å². The van der Waals surface area contributed by atoms with Crippen molar-refractivity contribution in [3.05, 3.63) is 35.9 Å². The number of carbonyl (C=O) groups is 2. The smallest absolute Gasteiger partial charge is 0.411 e. The minimum atomic E-state index is -0.557. The van der Waals surface area contributed by atoms with E-state index in [0.29, 0.717) is 0 Å². The number of esters is 1. The van der Waals surface area contributed by atoms with Gasteiger partial charge in [0, 0.05) is 0 Å². The van der Waals surface area contributed by atoms with Crippen molar-refractivity contribution in [1.29, 1.82) is 0 Å². The molecule has 5 nitrogen and oxygen atoms in total. The van der Waals surface area contributed by atoms with Gasteiger partial charge in [0.2, 0.25) is 0 Å². The van der Waals surface area contributed by atoms with Crippen LogP contribution in [0.15, 0.2) is 30.3 Å². The number of benzene rings is 1. The van der Waals surface area contributed by atoms with Gasteiger partial charge in [-0.05, 0) is 33.3 Å². The van der Waals surface area contributed by atoms with Gasteiger partial charge in [0.05, 0.1) is 6.04 Å². The quantitative estimate of drug-likeness (QED) is 0.634. The normalized spacial score (nSPS) is 20.9. The number of rotatable bonds is 3. The summed E-state index contributed by atoms with van der Waals surface area (Å²) in [6.07, 6.45) is -0.484. The summed E-state index contributed by atoms with van der Waals surface area (Å²) >= 11 is 0. The first-order valence-corrected chi connectivity index (χ1v) is 7.01. The first-order chi connectivity index (χ1) is 9.79. The molecule has 1 heterocycles. The van der Waals surface area contributed by atoms with Crippen LogP contribution >= 0.6 is 0 Å². The van der Waals surface area contributed by atoms with Crippen LogP contribution in [0.4, 0.5) is 4.79 Å². The van der Waals surface area contributed by atoms with Gasteiger partial charge in [-0.3, -0.25) is 4.90 Å². The molecule has 1 aliphatic rings. The van der Waals surface area contributed by atoms with E-state index in [4.69, 9.17) is 9.47 Å². The second-order valence-electron chi connectivity index (χ2n) is 6.17. The largest absolute Gasteiger partial charge is 0.458 e. The molecule has 2 rings (SSSR count). The lowest BCUT2D eigenvalue weighted by Crippen LogP contribution is -2.29. The Labute approximate surface area is 124 Å². The molecular weight excluding hydrogens is 270 g/mol. The van der Waals surface area contributed by atoms with E-state index in [1.807, 2.05) is 30.3 Å². The number of ether oxygens (including phenoxy) is 2. The van der Waals surface area contributed by atoms with Crippen LogP contribution in [0.25, 0.3) is 0 Å². The molecule has 1 amide bonds. The number of hydrogen-bond donors (Lipinski definition) is 0. The molecule has 0 unspecified atom stereocenters. The SMILES string of the molecule is C[C@@H]1[C@H](C(=O)OC(C)(C)C)N1C(=O)OCc1ccccc1. The lowest BCUT2D eigenvalue weighted by molar-refractivity contribution is -0.155. The highest BCUT2D eigenvalue weighted by Gasteiger charge is 2.55. The Morgan fingerprint density at radius 3 is 2.38 bits per heavy atom. The van der Waals surface area contributed by atoms with Gasteiger partial charge in [-0.2, -0.15) is 0 Å². The predicted octanol–water partition coefficient (Wildman–Crippen LogP) is 2.74. The maximum Gasteiger partial charge on any atom is 0.411 e. The maximum atomic E-state index is 12.0. The van der Waals surface area contributed by atoms with Gasteiger partial charge in [0.25, 0.3) is 0 Å². The van der Waals surface area contributed by atoms with E-state index >= 15 is 0 Å². The monoisotopic (exact) mass is 291 g/mol. The lowest BCUT2D eigenvalue weighted by Gasteiger charge is -2.19. The summed E-state index contributed by atoms with van der Waals surface area (Å²) < 4.78 is 10.5. The molecule has 0 aliphatic carbocycles. The van der Waals surface area contributed by atoms with Crippen molar-refractivity contribution in [2.75, 3.05) is 0 Å². The highest BCUT2D eigenvalue weighted by Crippen LogP contribution is 2.31. The van der Waals surface area contributed by atoms with Crippen molar-refractivity contribution in [1.82, 2.24) is 4.90 Å². The molecule has 0 spiro atoms. The molecular formula is C16H21NO4. The molecule has 114 valence electrons. The number of nitrogens with zero attached hydrogens (tertiary/aromatic N) is 1. The van der Waals surface area contributed by atoms with Gasteiger partial charge in [0.1, 0.15) is 12.2 Å². The van der Waals surface area contributed by atoms with Gasteiger partial charge >= 0.3 is 12.1 Å². The fourth-order valence-corrected chi connectivity index (χ4v) is 2.10. The van der Waals surface area contributed by atoms with Crippen molar-refractivity contribution in [3.63, 3.8) is 0 Å². The van der Waals surface area contributed by atoms with Gasteiger partial charge in [-0.1, -0.05) is 30.3 Å². The zero-order chi connectivity index (χ0) is 15.6. The minimum absolute atomic E-state index is 0.178. The molecule has 1 fully saturated rings. The Bertz CT molecular complexity index is 521. The lowest BCUT2D eigenvalue weighted by atomic mass is 10.2. The summed E-state index contributed by atoms with van der Waals surface area (Å²) in [6.45, 7) is 7.41. The van der Waals surface area contributed by atoms with E-state index in [-0.39, 0.29) is 18.6 Å². The fourth-order valence-electron chi connectivity index (χ4n) is 2.10. The summed E-state index contributed by atoms with van der Waals surface area (Å²) in [4.78, 5) is 25.3. The minimum Gasteiger partial charge on any atom is -0.458 e. The Morgan fingerprint density at radius 1 is 1.19 bits per heavy atom. The topological polar surface area (TPSA) is 55.6 Å². The predicted molar refractivity (Wildman–Crippen MR) is 77.6 cm³/mol. The number of hydrogen-bond acceptors (Lipinski definition) is 4. The standard InChI is InChI=1S/C16H21NO4/c1-11-13(14(18)21-16(2,3)4)17(11)15(19)20-10-12-8-6-5-7-9-12/h5-9,11,13H,10H2,1-4H3/t11-,13-,17?/m1/s1. The molecule has 5 heteroatoms. The Hall–Kier alpha value is -2.04. The third-order valence-corrected chi connectivity index (χ3v) is 3.17. The number of amides is 1. The molecule has 0 aromatic heterocycles. The summed E-state index contributed by atoms with van der Waals surface area (Å²) in [5, 5.41) is 0. The van der Waals surface area contributed by atoms with Crippen LogP contribution in [0.5, 0.6) is 0 Å². The third kappa shape index (κ3) is 3.97. The van der Waals surface area contributed by atoms with Gasteiger partial charge < -0.3 is 9.47 Å². The Balaban J connectivity index is 1.85. The Kier molecular flexibility index (Phi) is 4.21. The van der Waals surface area contributed by atoms with Crippen LogP contribution in [-0.2, 0) is 20.9 Å². The molecule has 1 aromatic rings. The molecule has 0 N–H and O–H groups in total. The average molecular weight is 291 g/mol. The molecule has 21 heavy (non-hydrogen) atoms. The molecule has 0 bridgehead atoms. The highest BCUT2D eigenvalue weighted by atomic mass is 16.6.